The normalized spacial score (nSPS) is 30.9. The van der Waals surface area contributed by atoms with Crippen LogP contribution in [0.3, 0.4) is 0 Å². The third kappa shape index (κ3) is 4.12. The SMILES string of the molecule is CO[C@@H]1C[C@H]2CN(CCc3ccccc3)C[C@H]2C[C@H]1NC(C)=O. The molecule has 126 valence electrons. The topological polar surface area (TPSA) is 41.6 Å². The van der Waals surface area contributed by atoms with E-state index in [-0.39, 0.29) is 18.1 Å². The second kappa shape index (κ2) is 7.45. The van der Waals surface area contributed by atoms with E-state index >= 15 is 0 Å². The zero-order valence-electron chi connectivity index (χ0n) is 14.2. The fourth-order valence-electron chi connectivity index (χ4n) is 4.30. The van der Waals surface area contributed by atoms with Crippen molar-refractivity contribution in [1.29, 1.82) is 0 Å². The maximum Gasteiger partial charge on any atom is 0.217 e. The first-order valence-corrected chi connectivity index (χ1v) is 8.72. The summed E-state index contributed by atoms with van der Waals surface area (Å²) < 4.78 is 5.64. The van der Waals surface area contributed by atoms with Gasteiger partial charge in [0.25, 0.3) is 0 Å². The predicted molar refractivity (Wildman–Crippen MR) is 91.2 cm³/mol. The lowest BCUT2D eigenvalue weighted by atomic mass is 9.77. The van der Waals surface area contributed by atoms with Crippen LogP contribution < -0.4 is 5.32 Å². The molecule has 1 saturated carbocycles. The minimum Gasteiger partial charge on any atom is -0.379 e. The highest BCUT2D eigenvalue weighted by Crippen LogP contribution is 2.37. The Hall–Kier alpha value is -1.39. The van der Waals surface area contributed by atoms with E-state index in [1.807, 2.05) is 0 Å². The molecule has 1 N–H and O–H groups in total. The minimum absolute atomic E-state index is 0.0504. The molecule has 4 heteroatoms. The summed E-state index contributed by atoms with van der Waals surface area (Å²) in [6, 6.07) is 10.9. The van der Waals surface area contributed by atoms with Crippen LogP contribution in [0.15, 0.2) is 30.3 Å². The van der Waals surface area contributed by atoms with Crippen LogP contribution >= 0.6 is 0 Å². The number of hydrogen-bond donors (Lipinski definition) is 1. The van der Waals surface area contributed by atoms with Crippen molar-refractivity contribution in [3.63, 3.8) is 0 Å². The molecule has 0 radical (unpaired) electrons. The summed E-state index contributed by atoms with van der Waals surface area (Å²) >= 11 is 0. The van der Waals surface area contributed by atoms with Crippen molar-refractivity contribution in [1.82, 2.24) is 10.2 Å². The Labute approximate surface area is 139 Å². The molecule has 4 nitrogen and oxygen atoms in total. The van der Waals surface area contributed by atoms with Crippen molar-refractivity contribution in [2.75, 3.05) is 26.7 Å². The van der Waals surface area contributed by atoms with Crippen LogP contribution in [0, 0.1) is 11.8 Å². The van der Waals surface area contributed by atoms with Gasteiger partial charge < -0.3 is 15.0 Å². The number of fused-ring (bicyclic) bond motifs is 1. The molecular formula is C19H28N2O2. The number of rotatable bonds is 5. The maximum absolute atomic E-state index is 11.4. The van der Waals surface area contributed by atoms with E-state index in [9.17, 15) is 4.79 Å². The van der Waals surface area contributed by atoms with E-state index in [4.69, 9.17) is 4.74 Å². The lowest BCUT2D eigenvalue weighted by Crippen LogP contribution is -2.49. The van der Waals surface area contributed by atoms with E-state index in [0.29, 0.717) is 11.8 Å². The number of hydrogen-bond acceptors (Lipinski definition) is 3. The molecule has 1 saturated heterocycles. The number of amides is 1. The number of nitrogens with zero attached hydrogens (tertiary/aromatic N) is 1. The summed E-state index contributed by atoms with van der Waals surface area (Å²) in [7, 11) is 1.77. The first-order valence-electron chi connectivity index (χ1n) is 8.72. The first kappa shape index (κ1) is 16.5. The Bertz CT molecular complexity index is 519. The second-order valence-electron chi connectivity index (χ2n) is 7.07. The zero-order valence-corrected chi connectivity index (χ0v) is 14.2. The molecular weight excluding hydrogens is 288 g/mol. The van der Waals surface area contributed by atoms with Gasteiger partial charge in [0.2, 0.25) is 5.91 Å². The van der Waals surface area contributed by atoms with Gasteiger partial charge in [0.05, 0.1) is 12.1 Å². The van der Waals surface area contributed by atoms with Crippen molar-refractivity contribution in [2.24, 2.45) is 11.8 Å². The summed E-state index contributed by atoms with van der Waals surface area (Å²) in [4.78, 5) is 14.0. The standard InChI is InChI=1S/C19H28N2O2/c1-14(22)20-18-10-16-12-21(13-17(16)11-19(18)23-2)9-8-15-6-4-3-5-7-15/h3-7,16-19H,8-13H2,1-2H3,(H,20,22)/t16-,17+,18-,19-/m1/s1. The molecule has 4 atom stereocenters. The van der Waals surface area contributed by atoms with Crippen molar-refractivity contribution >= 4 is 5.91 Å². The third-order valence-corrected chi connectivity index (χ3v) is 5.44. The molecule has 1 heterocycles. The van der Waals surface area contributed by atoms with E-state index in [1.165, 1.54) is 12.1 Å². The molecule has 0 unspecified atom stereocenters. The highest BCUT2D eigenvalue weighted by atomic mass is 16.5. The van der Waals surface area contributed by atoms with Crippen LogP contribution in [0.1, 0.15) is 25.3 Å². The van der Waals surface area contributed by atoms with Crippen molar-refractivity contribution < 1.29 is 9.53 Å². The van der Waals surface area contributed by atoms with Crippen molar-refractivity contribution in [2.45, 2.75) is 38.3 Å². The molecule has 23 heavy (non-hydrogen) atoms. The number of nitrogens with one attached hydrogen (secondary N) is 1. The number of ether oxygens (including phenoxy) is 1. The van der Waals surface area contributed by atoms with Crippen LogP contribution in [0.5, 0.6) is 0 Å². The van der Waals surface area contributed by atoms with Gasteiger partial charge in [0.15, 0.2) is 0 Å². The molecule has 1 aliphatic carbocycles. The monoisotopic (exact) mass is 316 g/mol. The maximum atomic E-state index is 11.4. The summed E-state index contributed by atoms with van der Waals surface area (Å²) in [6.07, 6.45) is 3.39. The van der Waals surface area contributed by atoms with Gasteiger partial charge in [0, 0.05) is 33.7 Å². The van der Waals surface area contributed by atoms with Crippen molar-refractivity contribution in [3.05, 3.63) is 35.9 Å². The highest BCUT2D eigenvalue weighted by molar-refractivity contribution is 5.73. The van der Waals surface area contributed by atoms with Gasteiger partial charge in [-0.2, -0.15) is 0 Å². The summed E-state index contributed by atoms with van der Waals surface area (Å²) in [6.45, 7) is 5.05. The predicted octanol–water partition coefficient (Wildman–Crippen LogP) is 2.09. The average molecular weight is 316 g/mol. The molecule has 1 aromatic carbocycles. The molecule has 1 amide bonds. The second-order valence-corrected chi connectivity index (χ2v) is 7.07. The summed E-state index contributed by atoms with van der Waals surface area (Å²) in [5.41, 5.74) is 1.41. The van der Waals surface area contributed by atoms with Crippen LogP contribution in [0.25, 0.3) is 0 Å². The van der Waals surface area contributed by atoms with Crippen LogP contribution in [-0.2, 0) is 16.0 Å². The number of carbonyl (C=O) groups is 1. The van der Waals surface area contributed by atoms with E-state index < -0.39 is 0 Å². The van der Waals surface area contributed by atoms with Gasteiger partial charge in [-0.25, -0.2) is 0 Å². The van der Waals surface area contributed by atoms with E-state index in [2.05, 4.69) is 40.5 Å². The molecule has 1 aliphatic heterocycles. The molecule has 2 fully saturated rings. The molecule has 0 bridgehead atoms. The quantitative estimate of drug-likeness (QED) is 0.904. The Morgan fingerprint density at radius 3 is 2.57 bits per heavy atom. The van der Waals surface area contributed by atoms with Crippen LogP contribution in [0.2, 0.25) is 0 Å². The fourth-order valence-corrected chi connectivity index (χ4v) is 4.30. The molecule has 0 aromatic heterocycles. The average Bonchev–Trinajstić information content (AvgIpc) is 2.94. The van der Waals surface area contributed by atoms with Crippen LogP contribution in [-0.4, -0.2) is 49.7 Å². The lowest BCUT2D eigenvalue weighted by molar-refractivity contribution is -0.121. The number of carbonyl (C=O) groups excluding carboxylic acids is 1. The molecule has 1 aromatic rings. The van der Waals surface area contributed by atoms with Crippen LogP contribution in [0.4, 0.5) is 0 Å². The smallest absolute Gasteiger partial charge is 0.217 e. The van der Waals surface area contributed by atoms with Gasteiger partial charge in [-0.1, -0.05) is 30.3 Å². The van der Waals surface area contributed by atoms with E-state index in [0.717, 1.165) is 32.4 Å². The summed E-state index contributed by atoms with van der Waals surface area (Å²) in [5, 5.41) is 3.09. The fraction of sp³-hybridized carbons (Fsp3) is 0.632. The van der Waals surface area contributed by atoms with Crippen molar-refractivity contribution in [3.8, 4) is 0 Å². The molecule has 2 aliphatic rings. The largest absolute Gasteiger partial charge is 0.379 e. The van der Waals surface area contributed by atoms with Gasteiger partial charge in [-0.15, -0.1) is 0 Å². The number of likely N-dealkylation sites (tertiary alicyclic amines) is 1. The Morgan fingerprint density at radius 2 is 1.91 bits per heavy atom. The zero-order chi connectivity index (χ0) is 16.2. The Morgan fingerprint density at radius 1 is 1.22 bits per heavy atom. The molecule has 0 spiro atoms. The van der Waals surface area contributed by atoms with Gasteiger partial charge in [0.1, 0.15) is 0 Å². The van der Waals surface area contributed by atoms with E-state index in [1.54, 1.807) is 14.0 Å². The summed E-state index contributed by atoms with van der Waals surface area (Å²) in [5.74, 6) is 1.45. The third-order valence-electron chi connectivity index (χ3n) is 5.44. The number of methoxy groups -OCH3 is 1. The lowest BCUT2D eigenvalue weighted by Gasteiger charge is -2.37. The first-order chi connectivity index (χ1) is 11.2. The highest BCUT2D eigenvalue weighted by Gasteiger charge is 2.42. The number of benzene rings is 1. The Balaban J connectivity index is 1.54. The Kier molecular flexibility index (Phi) is 5.34. The molecule has 3 rings (SSSR count). The van der Waals surface area contributed by atoms with Gasteiger partial charge >= 0.3 is 0 Å². The minimum atomic E-state index is 0.0504. The van der Waals surface area contributed by atoms with Gasteiger partial charge in [-0.3, -0.25) is 4.79 Å². The van der Waals surface area contributed by atoms with Gasteiger partial charge in [-0.05, 0) is 36.7 Å².